The molecule has 0 aliphatic heterocycles. The van der Waals surface area contributed by atoms with Crippen LogP contribution in [0.2, 0.25) is 0 Å². The van der Waals surface area contributed by atoms with Gasteiger partial charge in [0.25, 0.3) is 0 Å². The Morgan fingerprint density at radius 2 is 2.29 bits per heavy atom. The number of thiol groups is 1. The van der Waals surface area contributed by atoms with Crippen molar-refractivity contribution in [1.29, 1.82) is 5.41 Å². The largest absolute Gasteiger partial charge is 0.315 e. The van der Waals surface area contributed by atoms with Crippen molar-refractivity contribution >= 4 is 31.4 Å². The van der Waals surface area contributed by atoms with E-state index in [0.29, 0.717) is 0 Å². The van der Waals surface area contributed by atoms with Gasteiger partial charge in [0, 0.05) is 0 Å². The van der Waals surface area contributed by atoms with Crippen molar-refractivity contribution in [2.75, 3.05) is 0 Å². The van der Waals surface area contributed by atoms with Gasteiger partial charge in [-0.05, 0) is 0 Å². The average molecular weight is 116 g/mol. The maximum atomic E-state index is 9.95. The monoisotopic (exact) mass is 116 g/mol. The Kier molecular flexibility index (Phi) is 2.51. The molecule has 0 unspecified atom stereocenters. The molecule has 0 radical (unpaired) electrons. The molecular weight excluding hydrogens is 111 g/mol. The molecule has 7 heavy (non-hydrogen) atoms. The molecule has 38 valence electrons. The molecule has 0 aromatic rings. The summed E-state index contributed by atoms with van der Waals surface area (Å²) in [4.78, 5) is 9.95. The Hall–Kier alpha value is -0.445. The Morgan fingerprint density at radius 1 is 1.86 bits per heavy atom. The summed E-state index contributed by atoms with van der Waals surface area (Å²) in [6.07, 6.45) is 0. The quantitative estimate of drug-likeness (QED) is 0.165. The molecule has 0 heterocycles. The number of amidine groups is 1. The minimum atomic E-state index is -0.264. The fourth-order valence-electron chi connectivity index (χ4n) is 0.167. The highest BCUT2D eigenvalue weighted by molar-refractivity contribution is 7.96. The molecule has 0 rings (SSSR count). The van der Waals surface area contributed by atoms with E-state index in [0.717, 1.165) is 0 Å². The van der Waals surface area contributed by atoms with E-state index in [1.165, 1.54) is 7.85 Å². The molecule has 2 N–H and O–H groups in total. The van der Waals surface area contributed by atoms with E-state index < -0.39 is 0 Å². The van der Waals surface area contributed by atoms with Gasteiger partial charge in [-0.1, -0.05) is 0 Å². The van der Waals surface area contributed by atoms with Crippen LogP contribution in [0.25, 0.3) is 0 Å². The zero-order valence-electron chi connectivity index (χ0n) is 3.86. The van der Waals surface area contributed by atoms with Crippen LogP contribution in [-0.2, 0) is 0 Å². The first-order valence-corrected chi connectivity index (χ1v) is 2.12. The summed E-state index contributed by atoms with van der Waals surface area (Å²) in [5.41, 5.74) is 0. The van der Waals surface area contributed by atoms with Crippen molar-refractivity contribution in [3.05, 3.63) is 0 Å². The molecule has 0 aliphatic rings. The first-order chi connectivity index (χ1) is 3.13. The zero-order valence-corrected chi connectivity index (χ0v) is 4.75. The van der Waals surface area contributed by atoms with Gasteiger partial charge in [0.2, 0.25) is 7.85 Å². The highest BCUT2D eigenvalue weighted by Crippen LogP contribution is 1.69. The summed E-state index contributed by atoms with van der Waals surface area (Å²) >= 11 is 3.49. The predicted octanol–water partition coefficient (Wildman–Crippen LogP) is -0.806. The predicted molar refractivity (Wildman–Crippen MR) is 33.8 cm³/mol. The van der Waals surface area contributed by atoms with Gasteiger partial charge in [-0.25, -0.2) is 0 Å². The van der Waals surface area contributed by atoms with Crippen LogP contribution in [0.4, 0.5) is 4.79 Å². The second-order valence-corrected chi connectivity index (χ2v) is 1.48. The summed E-state index contributed by atoms with van der Waals surface area (Å²) in [5.74, 6) is -0.264. The molecule has 0 aromatic heterocycles. The van der Waals surface area contributed by atoms with Gasteiger partial charge in [-0.15, -0.1) is 12.6 Å². The standard InChI is InChI=1S/C2H5BN2OS/c3-1(6)5-2(4)7/h3H2,(H3,4,5,6,7). The van der Waals surface area contributed by atoms with Gasteiger partial charge >= 0.3 is 0 Å². The van der Waals surface area contributed by atoms with Crippen LogP contribution in [-0.4, -0.2) is 18.8 Å². The Labute approximate surface area is 47.8 Å². The van der Waals surface area contributed by atoms with Gasteiger partial charge in [0.15, 0.2) is 11.0 Å². The van der Waals surface area contributed by atoms with Gasteiger partial charge in [-0.3, -0.25) is 10.2 Å². The molecule has 0 aliphatic carbocycles. The van der Waals surface area contributed by atoms with Crippen LogP contribution >= 0.6 is 12.6 Å². The van der Waals surface area contributed by atoms with E-state index >= 15 is 0 Å². The highest BCUT2D eigenvalue weighted by Gasteiger charge is 1.87. The third kappa shape index (κ3) is 5.55. The fraction of sp³-hybridized carbons (Fsp3) is 0. The van der Waals surface area contributed by atoms with Crippen molar-refractivity contribution in [3.63, 3.8) is 0 Å². The van der Waals surface area contributed by atoms with E-state index in [2.05, 4.69) is 17.9 Å². The first-order valence-electron chi connectivity index (χ1n) is 1.68. The molecule has 0 saturated carbocycles. The van der Waals surface area contributed by atoms with Gasteiger partial charge in [0.1, 0.15) is 0 Å². The van der Waals surface area contributed by atoms with E-state index in [9.17, 15) is 4.79 Å². The minimum Gasteiger partial charge on any atom is -0.315 e. The molecule has 0 aromatic carbocycles. The number of hydrogen-bond acceptors (Lipinski definition) is 2. The molecule has 0 bridgehead atoms. The van der Waals surface area contributed by atoms with Crippen molar-refractivity contribution < 1.29 is 4.79 Å². The van der Waals surface area contributed by atoms with Gasteiger partial charge < -0.3 is 5.32 Å². The third-order valence-corrected chi connectivity index (χ3v) is 0.406. The van der Waals surface area contributed by atoms with E-state index in [4.69, 9.17) is 5.41 Å². The lowest BCUT2D eigenvalue weighted by atomic mass is 10.1. The number of hydrogen-bond donors (Lipinski definition) is 3. The van der Waals surface area contributed by atoms with E-state index in [1.807, 2.05) is 0 Å². The van der Waals surface area contributed by atoms with Crippen molar-refractivity contribution in [2.24, 2.45) is 0 Å². The molecule has 5 heteroatoms. The zero-order chi connectivity index (χ0) is 5.86. The molecular formula is C2H5BN2OS. The maximum absolute atomic E-state index is 9.95. The van der Waals surface area contributed by atoms with Crippen LogP contribution in [0, 0.1) is 5.41 Å². The number of amides is 1. The van der Waals surface area contributed by atoms with Crippen molar-refractivity contribution in [3.8, 4) is 0 Å². The van der Waals surface area contributed by atoms with Crippen LogP contribution in [0.5, 0.6) is 0 Å². The number of carbonyl (C=O) groups excluding carboxylic acids is 1. The number of carbonyl (C=O) groups is 1. The second-order valence-electron chi connectivity index (χ2n) is 1.03. The van der Waals surface area contributed by atoms with Crippen molar-refractivity contribution in [2.45, 2.75) is 0 Å². The SMILES string of the molecule is BC(=O)NC(=N)S. The summed E-state index contributed by atoms with van der Waals surface area (Å²) in [6.45, 7) is 0. The summed E-state index contributed by atoms with van der Waals surface area (Å²) in [7, 11) is 1.32. The minimum absolute atomic E-state index is 0.118. The van der Waals surface area contributed by atoms with Gasteiger partial charge in [0.05, 0.1) is 0 Å². The smallest absolute Gasteiger partial charge is 0.216 e. The summed E-state index contributed by atoms with van der Waals surface area (Å²) in [5, 5.41) is 8.55. The molecule has 3 nitrogen and oxygen atoms in total. The maximum Gasteiger partial charge on any atom is 0.216 e. The summed E-state index contributed by atoms with van der Waals surface area (Å²) < 4.78 is 0. The number of rotatable bonds is 0. The molecule has 0 fully saturated rings. The Bertz CT molecular complexity index is 91.9. The van der Waals surface area contributed by atoms with Gasteiger partial charge in [-0.2, -0.15) is 0 Å². The number of nitrogens with one attached hydrogen (secondary N) is 2. The Balaban J connectivity index is 3.32. The average Bonchev–Trinajstić information content (AvgIpc) is 1.27. The lowest BCUT2D eigenvalue weighted by Crippen LogP contribution is -2.23. The topological polar surface area (TPSA) is 53.0 Å². The first kappa shape index (κ1) is 6.55. The summed E-state index contributed by atoms with van der Waals surface area (Å²) in [6, 6.07) is 0. The molecule has 0 spiro atoms. The van der Waals surface area contributed by atoms with E-state index in [1.54, 1.807) is 0 Å². The molecule has 0 saturated heterocycles. The van der Waals surface area contributed by atoms with Crippen molar-refractivity contribution in [1.82, 2.24) is 5.32 Å². The Morgan fingerprint density at radius 3 is 2.29 bits per heavy atom. The van der Waals surface area contributed by atoms with Crippen LogP contribution in [0.1, 0.15) is 0 Å². The van der Waals surface area contributed by atoms with Crippen LogP contribution < -0.4 is 5.32 Å². The second kappa shape index (κ2) is 2.68. The van der Waals surface area contributed by atoms with Crippen LogP contribution in [0.15, 0.2) is 0 Å². The van der Waals surface area contributed by atoms with Crippen LogP contribution in [0.3, 0.4) is 0 Å². The third-order valence-electron chi connectivity index (χ3n) is 0.294. The molecule has 1 amide bonds. The lowest BCUT2D eigenvalue weighted by Gasteiger charge is -1.91. The lowest BCUT2D eigenvalue weighted by molar-refractivity contribution is 0.263. The normalized spacial score (nSPS) is 7.57. The fourth-order valence-corrected chi connectivity index (χ4v) is 0.324. The molecule has 0 atom stereocenters. The van der Waals surface area contributed by atoms with E-state index in [-0.39, 0.29) is 11.0 Å². The highest BCUT2D eigenvalue weighted by atomic mass is 32.1.